The van der Waals surface area contributed by atoms with Crippen molar-refractivity contribution in [3.05, 3.63) is 40.8 Å². The summed E-state index contributed by atoms with van der Waals surface area (Å²) in [6.07, 6.45) is 2.62. The Labute approximate surface area is 131 Å². The number of thioether (sulfide) groups is 1. The average Bonchev–Trinajstić information content (AvgIpc) is 2.87. The molecule has 0 spiro atoms. The third kappa shape index (κ3) is 3.95. The molecule has 1 saturated heterocycles. The molecule has 0 aliphatic carbocycles. The van der Waals surface area contributed by atoms with Crippen LogP contribution in [0.4, 0.5) is 0 Å². The molecule has 1 fully saturated rings. The molecule has 1 heterocycles. The van der Waals surface area contributed by atoms with E-state index in [1.165, 1.54) is 13.3 Å². The van der Waals surface area contributed by atoms with E-state index in [1.54, 1.807) is 13.2 Å². The number of benzene rings is 1. The fourth-order valence-electron chi connectivity index (χ4n) is 1.56. The number of hydrogen-bond donors (Lipinski definition) is 1. The third-order valence-electron chi connectivity index (χ3n) is 2.59. The Morgan fingerprint density at radius 3 is 2.82 bits per heavy atom. The molecule has 0 saturated carbocycles. The molecule has 7 nitrogen and oxygen atoms in total. The molecule has 0 atom stereocenters. The third-order valence-corrected chi connectivity index (χ3v) is 3.49. The van der Waals surface area contributed by atoms with Crippen LogP contribution < -0.4 is 10.1 Å². The van der Waals surface area contributed by atoms with Gasteiger partial charge in [0.2, 0.25) is 0 Å². The summed E-state index contributed by atoms with van der Waals surface area (Å²) in [5.74, 6) is -0.348. The number of amides is 1. The first-order valence-corrected chi connectivity index (χ1v) is 6.98. The van der Waals surface area contributed by atoms with Crippen LogP contribution in [0.2, 0.25) is 0 Å². The maximum Gasteiger partial charge on any atom is 0.331 e. The van der Waals surface area contributed by atoms with E-state index in [0.717, 1.165) is 23.4 Å². The van der Waals surface area contributed by atoms with E-state index < -0.39 is 11.9 Å². The largest absolute Gasteiger partial charge is 0.496 e. The lowest BCUT2D eigenvalue weighted by molar-refractivity contribution is -0.135. The lowest BCUT2D eigenvalue weighted by atomic mass is 10.2. The summed E-state index contributed by atoms with van der Waals surface area (Å²) in [6.45, 7) is 0. The normalized spacial score (nSPS) is 18.0. The minimum absolute atomic E-state index is 0.207. The van der Waals surface area contributed by atoms with Gasteiger partial charge in [-0.25, -0.2) is 4.79 Å². The highest BCUT2D eigenvalue weighted by molar-refractivity contribution is 8.18. The van der Waals surface area contributed by atoms with Gasteiger partial charge in [-0.2, -0.15) is 5.10 Å². The highest BCUT2D eigenvalue weighted by Crippen LogP contribution is 2.23. The predicted molar refractivity (Wildman–Crippen MR) is 83.9 cm³/mol. The van der Waals surface area contributed by atoms with Crippen molar-refractivity contribution in [2.75, 3.05) is 14.2 Å². The Morgan fingerprint density at radius 1 is 1.32 bits per heavy atom. The number of para-hydroxylation sites is 1. The van der Waals surface area contributed by atoms with Gasteiger partial charge in [-0.15, -0.1) is 5.10 Å². The van der Waals surface area contributed by atoms with Gasteiger partial charge in [0.1, 0.15) is 5.75 Å². The van der Waals surface area contributed by atoms with E-state index in [9.17, 15) is 9.59 Å². The topological polar surface area (TPSA) is 89.3 Å². The zero-order chi connectivity index (χ0) is 15.9. The molecular formula is C14H13N3O4S. The number of nitrogens with zero attached hydrogens (tertiary/aromatic N) is 2. The standard InChI is InChI=1S/C14H13N3O4S/c1-20-10-6-4-3-5-9(10)8-15-17-14-16-13(19)11(22-14)7-12(18)21-2/h3-8H,1-2H3,(H,16,17,19)/b11-7-,15-8-. The number of methoxy groups -OCH3 is 2. The number of carbonyl (C=O) groups excluding carboxylic acids is 2. The van der Waals surface area contributed by atoms with Crippen LogP contribution in [0.15, 0.2) is 45.4 Å². The van der Waals surface area contributed by atoms with Crippen molar-refractivity contribution < 1.29 is 19.1 Å². The van der Waals surface area contributed by atoms with Crippen molar-refractivity contribution in [1.29, 1.82) is 0 Å². The summed E-state index contributed by atoms with van der Waals surface area (Å²) in [7, 11) is 2.80. The molecule has 1 N–H and O–H groups in total. The molecular weight excluding hydrogens is 306 g/mol. The summed E-state index contributed by atoms with van der Waals surface area (Å²) >= 11 is 1.01. The van der Waals surface area contributed by atoms with Crippen LogP contribution in [0, 0.1) is 0 Å². The first-order chi connectivity index (χ1) is 10.6. The first-order valence-electron chi connectivity index (χ1n) is 6.17. The highest BCUT2D eigenvalue weighted by Gasteiger charge is 2.24. The lowest BCUT2D eigenvalue weighted by Gasteiger charge is -2.01. The van der Waals surface area contributed by atoms with Crippen LogP contribution in [0.25, 0.3) is 0 Å². The summed E-state index contributed by atoms with van der Waals surface area (Å²) in [4.78, 5) is 22.9. The molecule has 0 aromatic heterocycles. The molecule has 2 rings (SSSR count). The summed E-state index contributed by atoms with van der Waals surface area (Å²) < 4.78 is 9.65. The molecule has 8 heteroatoms. The molecule has 1 amide bonds. The molecule has 1 aliphatic rings. The Morgan fingerprint density at radius 2 is 2.09 bits per heavy atom. The molecule has 1 aromatic carbocycles. The van der Waals surface area contributed by atoms with Crippen LogP contribution >= 0.6 is 11.8 Å². The summed E-state index contributed by atoms with van der Waals surface area (Å²) in [5.41, 5.74) is 0.758. The fourth-order valence-corrected chi connectivity index (χ4v) is 2.30. The van der Waals surface area contributed by atoms with Gasteiger partial charge in [0.05, 0.1) is 25.3 Å². The maximum atomic E-state index is 11.6. The molecule has 114 valence electrons. The van der Waals surface area contributed by atoms with E-state index in [1.807, 2.05) is 18.2 Å². The predicted octanol–water partition coefficient (Wildman–Crippen LogP) is 1.30. The van der Waals surface area contributed by atoms with E-state index in [0.29, 0.717) is 5.75 Å². The van der Waals surface area contributed by atoms with E-state index in [-0.39, 0.29) is 10.1 Å². The summed E-state index contributed by atoms with van der Waals surface area (Å²) in [5, 5.41) is 10.6. The Kier molecular flexibility index (Phi) is 5.31. The van der Waals surface area contributed by atoms with Crippen LogP contribution in [-0.2, 0) is 14.3 Å². The van der Waals surface area contributed by atoms with Gasteiger partial charge < -0.3 is 9.47 Å². The molecule has 0 bridgehead atoms. The van der Waals surface area contributed by atoms with E-state index >= 15 is 0 Å². The summed E-state index contributed by atoms with van der Waals surface area (Å²) in [6, 6.07) is 7.32. The minimum atomic E-state index is -0.601. The number of amidine groups is 1. The monoisotopic (exact) mass is 319 g/mol. The Bertz CT molecular complexity index is 682. The van der Waals surface area contributed by atoms with E-state index in [4.69, 9.17) is 4.74 Å². The lowest BCUT2D eigenvalue weighted by Crippen LogP contribution is -2.19. The second-order valence-corrected chi connectivity index (χ2v) is 5.01. The highest BCUT2D eigenvalue weighted by atomic mass is 32.2. The SMILES string of the molecule is COC(=O)/C=C1\SC(=N/N=C\c2ccccc2OC)NC1=O. The van der Waals surface area contributed by atoms with E-state index in [2.05, 4.69) is 20.3 Å². The van der Waals surface area contributed by atoms with Gasteiger partial charge >= 0.3 is 5.97 Å². The van der Waals surface area contributed by atoms with Crippen molar-refractivity contribution in [3.8, 4) is 5.75 Å². The van der Waals surface area contributed by atoms with Crippen molar-refractivity contribution in [2.24, 2.45) is 10.2 Å². The molecule has 1 aromatic rings. The van der Waals surface area contributed by atoms with Gasteiger partial charge in [0.15, 0.2) is 5.17 Å². The smallest absolute Gasteiger partial charge is 0.331 e. The number of hydrogen-bond acceptors (Lipinski definition) is 7. The molecule has 0 unspecified atom stereocenters. The minimum Gasteiger partial charge on any atom is -0.496 e. The molecule has 0 radical (unpaired) electrons. The first kappa shape index (κ1) is 15.8. The number of esters is 1. The Balaban J connectivity index is 2.09. The maximum absolute atomic E-state index is 11.6. The van der Waals surface area contributed by atoms with Gasteiger partial charge in [-0.05, 0) is 23.9 Å². The van der Waals surface area contributed by atoms with Crippen molar-refractivity contribution in [3.63, 3.8) is 0 Å². The molecule has 22 heavy (non-hydrogen) atoms. The van der Waals surface area contributed by atoms with Gasteiger partial charge in [-0.1, -0.05) is 12.1 Å². The quantitative estimate of drug-likeness (QED) is 0.391. The Hall–Kier alpha value is -2.61. The fraction of sp³-hybridized carbons (Fsp3) is 0.143. The van der Waals surface area contributed by atoms with Crippen LogP contribution in [0.5, 0.6) is 5.75 Å². The zero-order valence-corrected chi connectivity index (χ0v) is 12.7. The van der Waals surface area contributed by atoms with Crippen molar-refractivity contribution >= 4 is 35.0 Å². The zero-order valence-electron chi connectivity index (χ0n) is 11.9. The number of carbonyl (C=O) groups is 2. The van der Waals surface area contributed by atoms with Crippen molar-refractivity contribution in [1.82, 2.24) is 5.32 Å². The average molecular weight is 319 g/mol. The number of ether oxygens (including phenoxy) is 2. The van der Waals surface area contributed by atoms with Crippen LogP contribution in [0.1, 0.15) is 5.56 Å². The molecule has 1 aliphatic heterocycles. The van der Waals surface area contributed by atoms with Crippen LogP contribution in [0.3, 0.4) is 0 Å². The van der Waals surface area contributed by atoms with Gasteiger partial charge in [0, 0.05) is 11.6 Å². The second kappa shape index (κ2) is 7.41. The van der Waals surface area contributed by atoms with Gasteiger partial charge in [-0.3, -0.25) is 10.1 Å². The van der Waals surface area contributed by atoms with Crippen molar-refractivity contribution in [2.45, 2.75) is 0 Å². The van der Waals surface area contributed by atoms with Gasteiger partial charge in [0.25, 0.3) is 5.91 Å². The number of nitrogens with one attached hydrogen (secondary N) is 1. The van der Waals surface area contributed by atoms with Crippen LogP contribution in [-0.4, -0.2) is 37.5 Å². The number of rotatable bonds is 4. The second-order valence-electron chi connectivity index (χ2n) is 3.98.